The molecule has 1 aromatic carbocycles. The van der Waals surface area contributed by atoms with Crippen molar-refractivity contribution >= 4 is 15.9 Å². The first-order chi connectivity index (χ1) is 10.7. The maximum atomic E-state index is 12.5. The normalized spacial score (nSPS) is 23.0. The number of carbonyl (C=O) groups is 1. The molecule has 1 amide bonds. The smallest absolute Gasteiger partial charge is 0.238 e. The maximum Gasteiger partial charge on any atom is 0.238 e. The first kappa shape index (κ1) is 17.9. The van der Waals surface area contributed by atoms with Crippen LogP contribution in [-0.4, -0.2) is 27.0 Å². The highest BCUT2D eigenvalue weighted by Crippen LogP contribution is 2.28. The van der Waals surface area contributed by atoms with Crippen molar-refractivity contribution in [3.8, 4) is 0 Å². The maximum absolute atomic E-state index is 12.5. The average Bonchev–Trinajstić information content (AvgIpc) is 2.96. The first-order valence-electron chi connectivity index (χ1n) is 7.75. The highest BCUT2D eigenvalue weighted by atomic mass is 32.2. The van der Waals surface area contributed by atoms with Crippen molar-refractivity contribution in [2.24, 2.45) is 17.0 Å². The van der Waals surface area contributed by atoms with Crippen molar-refractivity contribution in [2.75, 3.05) is 6.61 Å². The minimum Gasteiger partial charge on any atom is -0.377 e. The molecule has 0 radical (unpaired) electrons. The molecule has 1 heterocycles. The van der Waals surface area contributed by atoms with E-state index in [-0.39, 0.29) is 34.8 Å². The van der Waals surface area contributed by atoms with E-state index >= 15 is 0 Å². The van der Waals surface area contributed by atoms with Crippen LogP contribution in [0, 0.1) is 11.8 Å². The van der Waals surface area contributed by atoms with Gasteiger partial charge in [-0.05, 0) is 37.0 Å². The number of nitrogens with one attached hydrogen (secondary N) is 1. The number of rotatable bonds is 5. The van der Waals surface area contributed by atoms with Gasteiger partial charge in [-0.1, -0.05) is 26.0 Å². The number of primary sulfonamides is 1. The van der Waals surface area contributed by atoms with Gasteiger partial charge < -0.3 is 10.1 Å². The third kappa shape index (κ3) is 4.31. The van der Waals surface area contributed by atoms with Gasteiger partial charge in [0.15, 0.2) is 0 Å². The molecule has 1 aromatic rings. The summed E-state index contributed by atoms with van der Waals surface area (Å²) in [6.45, 7) is 6.49. The fraction of sp³-hybridized carbons (Fsp3) is 0.562. The summed E-state index contributed by atoms with van der Waals surface area (Å²) in [7, 11) is -3.76. The van der Waals surface area contributed by atoms with E-state index in [4.69, 9.17) is 9.88 Å². The van der Waals surface area contributed by atoms with Crippen LogP contribution in [0.1, 0.15) is 38.8 Å². The Bertz CT molecular complexity index is 672. The Kier molecular flexibility index (Phi) is 5.44. The van der Waals surface area contributed by atoms with Gasteiger partial charge in [-0.15, -0.1) is 0 Å². The van der Waals surface area contributed by atoms with Gasteiger partial charge in [-0.3, -0.25) is 4.79 Å². The van der Waals surface area contributed by atoms with Crippen molar-refractivity contribution < 1.29 is 17.9 Å². The largest absolute Gasteiger partial charge is 0.377 e. The molecule has 0 spiro atoms. The molecule has 0 unspecified atom stereocenters. The van der Waals surface area contributed by atoms with Crippen molar-refractivity contribution in [1.29, 1.82) is 0 Å². The molecule has 3 atom stereocenters. The molecule has 7 heteroatoms. The molecule has 1 saturated heterocycles. The molecule has 128 valence electrons. The number of ether oxygens (including phenoxy) is 1. The van der Waals surface area contributed by atoms with Gasteiger partial charge in [-0.2, -0.15) is 0 Å². The fourth-order valence-electron chi connectivity index (χ4n) is 2.91. The average molecular weight is 340 g/mol. The van der Waals surface area contributed by atoms with Crippen LogP contribution in [-0.2, 0) is 19.6 Å². The van der Waals surface area contributed by atoms with Crippen LogP contribution in [0.25, 0.3) is 0 Å². The zero-order valence-electron chi connectivity index (χ0n) is 13.7. The Labute approximate surface area is 137 Å². The number of hydrogen-bond acceptors (Lipinski definition) is 4. The third-order valence-corrected chi connectivity index (χ3v) is 5.09. The van der Waals surface area contributed by atoms with Crippen LogP contribution < -0.4 is 10.5 Å². The van der Waals surface area contributed by atoms with Gasteiger partial charge in [0.25, 0.3) is 0 Å². The van der Waals surface area contributed by atoms with Crippen LogP contribution in [0.15, 0.2) is 29.2 Å². The van der Waals surface area contributed by atoms with E-state index in [1.807, 2.05) is 20.8 Å². The van der Waals surface area contributed by atoms with E-state index in [9.17, 15) is 13.2 Å². The predicted molar refractivity (Wildman–Crippen MR) is 87.1 cm³/mol. The van der Waals surface area contributed by atoms with E-state index in [0.29, 0.717) is 18.6 Å². The lowest BCUT2D eigenvalue weighted by Crippen LogP contribution is -2.38. The van der Waals surface area contributed by atoms with Gasteiger partial charge in [-0.25, -0.2) is 13.6 Å². The summed E-state index contributed by atoms with van der Waals surface area (Å²) in [6, 6.07) is 6.01. The molecule has 3 N–H and O–H groups in total. The Morgan fingerprint density at radius 3 is 2.65 bits per heavy atom. The molecule has 1 fully saturated rings. The quantitative estimate of drug-likeness (QED) is 0.850. The molecule has 0 bridgehead atoms. The SMILES string of the molecule is CC(C)[C@H]1OCC[C@H]1C(=O)N[C@@H](C)c1cccc(S(N)(=O)=O)c1. The Morgan fingerprint density at radius 1 is 1.35 bits per heavy atom. The lowest BCUT2D eigenvalue weighted by atomic mass is 9.92. The lowest BCUT2D eigenvalue weighted by molar-refractivity contribution is -0.128. The standard InChI is InChI=1S/C16H24N2O4S/c1-10(2)15-14(7-8-22-15)16(19)18-11(3)12-5-4-6-13(9-12)23(17,20)21/h4-6,9-11,14-15H,7-8H2,1-3H3,(H,18,19)(H2,17,20,21)/t11-,14+,15+/m0/s1. The number of carbonyl (C=O) groups excluding carboxylic acids is 1. The van der Waals surface area contributed by atoms with Crippen molar-refractivity contribution in [3.63, 3.8) is 0 Å². The van der Waals surface area contributed by atoms with Crippen molar-refractivity contribution in [2.45, 2.75) is 44.2 Å². The van der Waals surface area contributed by atoms with E-state index in [2.05, 4.69) is 5.32 Å². The van der Waals surface area contributed by atoms with E-state index in [1.54, 1.807) is 12.1 Å². The van der Waals surface area contributed by atoms with Crippen LogP contribution >= 0.6 is 0 Å². The Morgan fingerprint density at radius 2 is 2.04 bits per heavy atom. The molecule has 2 rings (SSSR count). The number of nitrogens with two attached hydrogens (primary N) is 1. The molecule has 0 aromatic heterocycles. The second kappa shape index (κ2) is 6.98. The van der Waals surface area contributed by atoms with Crippen LogP contribution in [0.3, 0.4) is 0 Å². The molecule has 0 saturated carbocycles. The van der Waals surface area contributed by atoms with Crippen LogP contribution in [0.2, 0.25) is 0 Å². The van der Waals surface area contributed by atoms with E-state index in [1.165, 1.54) is 12.1 Å². The summed E-state index contributed by atoms with van der Waals surface area (Å²) in [5.74, 6) is 0.0443. The first-order valence-corrected chi connectivity index (χ1v) is 9.29. The minimum atomic E-state index is -3.76. The summed E-state index contributed by atoms with van der Waals surface area (Å²) in [5, 5.41) is 8.09. The summed E-state index contributed by atoms with van der Waals surface area (Å²) >= 11 is 0. The van der Waals surface area contributed by atoms with E-state index < -0.39 is 10.0 Å². The summed E-state index contributed by atoms with van der Waals surface area (Å²) in [5.41, 5.74) is 0.699. The monoisotopic (exact) mass is 340 g/mol. The third-order valence-electron chi connectivity index (χ3n) is 4.17. The topological polar surface area (TPSA) is 98.5 Å². The zero-order chi connectivity index (χ0) is 17.2. The number of amides is 1. The number of hydrogen-bond donors (Lipinski definition) is 2. The van der Waals surface area contributed by atoms with Gasteiger partial charge in [0, 0.05) is 6.61 Å². The highest BCUT2D eigenvalue weighted by Gasteiger charge is 2.36. The van der Waals surface area contributed by atoms with Crippen molar-refractivity contribution in [1.82, 2.24) is 5.32 Å². The second-order valence-corrected chi connectivity index (χ2v) is 7.88. The predicted octanol–water partition coefficient (Wildman–Crippen LogP) is 1.57. The fourth-order valence-corrected chi connectivity index (χ4v) is 3.48. The second-order valence-electron chi connectivity index (χ2n) is 6.32. The van der Waals surface area contributed by atoms with Crippen LogP contribution in [0.4, 0.5) is 0 Å². The summed E-state index contributed by atoms with van der Waals surface area (Å²) < 4.78 is 28.5. The molecule has 1 aliphatic heterocycles. The number of benzene rings is 1. The van der Waals surface area contributed by atoms with Gasteiger partial charge in [0.1, 0.15) is 0 Å². The summed E-state index contributed by atoms with van der Waals surface area (Å²) in [4.78, 5) is 12.5. The Balaban J connectivity index is 2.10. The zero-order valence-corrected chi connectivity index (χ0v) is 14.5. The summed E-state index contributed by atoms with van der Waals surface area (Å²) in [6.07, 6.45) is 0.636. The van der Waals surface area contributed by atoms with Crippen LogP contribution in [0.5, 0.6) is 0 Å². The molecule has 0 aliphatic carbocycles. The molecule has 6 nitrogen and oxygen atoms in total. The molecular weight excluding hydrogens is 316 g/mol. The van der Waals surface area contributed by atoms with Gasteiger partial charge in [0.05, 0.1) is 23.0 Å². The Hall–Kier alpha value is -1.44. The lowest BCUT2D eigenvalue weighted by Gasteiger charge is -2.23. The molecule has 23 heavy (non-hydrogen) atoms. The van der Waals surface area contributed by atoms with Gasteiger partial charge in [0.2, 0.25) is 15.9 Å². The molecular formula is C16H24N2O4S. The van der Waals surface area contributed by atoms with Crippen molar-refractivity contribution in [3.05, 3.63) is 29.8 Å². The van der Waals surface area contributed by atoms with Gasteiger partial charge >= 0.3 is 0 Å². The number of sulfonamides is 1. The molecule has 1 aliphatic rings. The minimum absolute atomic E-state index is 0.0420. The van der Waals surface area contributed by atoms with E-state index in [0.717, 1.165) is 0 Å². The highest BCUT2D eigenvalue weighted by molar-refractivity contribution is 7.89.